The number of H-pyrrole nitrogens is 1. The number of imidazole rings is 1. The molecule has 2 heterocycles. The number of pyridine rings is 1. The average molecular weight is 149 g/mol. The van der Waals surface area contributed by atoms with Crippen molar-refractivity contribution in [3.8, 4) is 0 Å². The van der Waals surface area contributed by atoms with Gasteiger partial charge in [-0.15, -0.1) is 0 Å². The minimum absolute atomic E-state index is 0.0180. The van der Waals surface area contributed by atoms with Crippen LogP contribution in [-0.2, 0) is 7.05 Å². The molecule has 0 aliphatic carbocycles. The van der Waals surface area contributed by atoms with E-state index < -0.39 is 0 Å². The number of rotatable bonds is 0. The van der Waals surface area contributed by atoms with Gasteiger partial charge in [0.15, 0.2) is 5.65 Å². The Kier molecular flexibility index (Phi) is 1.09. The zero-order valence-corrected chi connectivity index (χ0v) is 6.03. The lowest BCUT2D eigenvalue weighted by atomic mass is 10.4. The SMILES string of the molecule is Cn1ccc(=O)c2[nH]cnc21. The summed E-state index contributed by atoms with van der Waals surface area (Å²) >= 11 is 0. The van der Waals surface area contributed by atoms with Crippen LogP contribution in [0, 0.1) is 0 Å². The third kappa shape index (κ3) is 0.756. The van der Waals surface area contributed by atoms with E-state index in [-0.39, 0.29) is 5.43 Å². The molecule has 4 nitrogen and oxygen atoms in total. The van der Waals surface area contributed by atoms with E-state index in [1.807, 2.05) is 7.05 Å². The third-order valence-electron chi connectivity index (χ3n) is 1.65. The van der Waals surface area contributed by atoms with E-state index in [4.69, 9.17) is 0 Å². The number of hydrogen-bond donors (Lipinski definition) is 1. The van der Waals surface area contributed by atoms with Crippen molar-refractivity contribution in [2.45, 2.75) is 0 Å². The molecule has 4 heteroatoms. The zero-order chi connectivity index (χ0) is 7.84. The van der Waals surface area contributed by atoms with Crippen LogP contribution in [0.3, 0.4) is 0 Å². The number of aromatic amines is 1. The number of aromatic nitrogens is 3. The highest BCUT2D eigenvalue weighted by Crippen LogP contribution is 2.00. The predicted molar refractivity (Wildman–Crippen MR) is 41.3 cm³/mol. The van der Waals surface area contributed by atoms with E-state index in [9.17, 15) is 4.79 Å². The highest BCUT2D eigenvalue weighted by Gasteiger charge is 2.00. The first-order valence-electron chi connectivity index (χ1n) is 3.28. The molecule has 2 aromatic heterocycles. The molecule has 0 spiro atoms. The highest BCUT2D eigenvalue weighted by molar-refractivity contribution is 5.69. The Morgan fingerprint density at radius 2 is 2.45 bits per heavy atom. The molecule has 0 unspecified atom stereocenters. The van der Waals surface area contributed by atoms with E-state index in [0.717, 1.165) is 0 Å². The van der Waals surface area contributed by atoms with Crippen LogP contribution in [0.25, 0.3) is 11.2 Å². The summed E-state index contributed by atoms with van der Waals surface area (Å²) in [7, 11) is 1.85. The summed E-state index contributed by atoms with van der Waals surface area (Å²) in [5, 5.41) is 0. The second-order valence-electron chi connectivity index (χ2n) is 2.39. The van der Waals surface area contributed by atoms with Crippen molar-refractivity contribution in [1.29, 1.82) is 0 Å². The standard InChI is InChI=1S/C7H7N3O/c1-10-3-2-5(11)6-7(10)9-4-8-6/h2-4H,1H3,(H,8,9). The molecule has 0 aliphatic heterocycles. The highest BCUT2D eigenvalue weighted by atomic mass is 16.1. The molecule has 0 amide bonds. The van der Waals surface area contributed by atoms with Crippen molar-refractivity contribution >= 4 is 11.2 Å². The van der Waals surface area contributed by atoms with Gasteiger partial charge < -0.3 is 9.55 Å². The molecule has 2 aromatic rings. The van der Waals surface area contributed by atoms with Gasteiger partial charge in [-0.1, -0.05) is 0 Å². The van der Waals surface area contributed by atoms with Gasteiger partial charge in [-0.2, -0.15) is 0 Å². The maximum atomic E-state index is 11.1. The van der Waals surface area contributed by atoms with Gasteiger partial charge in [-0.3, -0.25) is 4.79 Å². The lowest BCUT2D eigenvalue weighted by Crippen LogP contribution is -2.04. The fourth-order valence-electron chi connectivity index (χ4n) is 1.07. The van der Waals surface area contributed by atoms with E-state index in [2.05, 4.69) is 9.97 Å². The number of aryl methyl sites for hydroxylation is 1. The van der Waals surface area contributed by atoms with E-state index >= 15 is 0 Å². The topological polar surface area (TPSA) is 50.7 Å². The summed E-state index contributed by atoms with van der Waals surface area (Å²) < 4.78 is 1.80. The fraction of sp³-hybridized carbons (Fsp3) is 0.143. The van der Waals surface area contributed by atoms with Crippen LogP contribution in [-0.4, -0.2) is 14.5 Å². The Morgan fingerprint density at radius 1 is 1.64 bits per heavy atom. The van der Waals surface area contributed by atoms with Gasteiger partial charge in [0.25, 0.3) is 0 Å². The maximum absolute atomic E-state index is 11.1. The molecule has 2 rings (SSSR count). The van der Waals surface area contributed by atoms with Crippen LogP contribution >= 0.6 is 0 Å². The number of fused-ring (bicyclic) bond motifs is 1. The lowest BCUT2D eigenvalue weighted by molar-refractivity contribution is 0.934. The molecular formula is C7H7N3O. The molecule has 0 atom stereocenters. The van der Waals surface area contributed by atoms with Crippen LogP contribution in [0.4, 0.5) is 0 Å². The Bertz CT molecular complexity index is 440. The number of nitrogens with zero attached hydrogens (tertiary/aromatic N) is 2. The first kappa shape index (κ1) is 6.15. The molecule has 0 saturated carbocycles. The van der Waals surface area contributed by atoms with Crippen LogP contribution in [0.15, 0.2) is 23.4 Å². The Balaban J connectivity index is 3.08. The predicted octanol–water partition coefficient (Wildman–Crippen LogP) is 0.262. The van der Waals surface area contributed by atoms with Crippen molar-refractivity contribution < 1.29 is 0 Å². The third-order valence-corrected chi connectivity index (χ3v) is 1.65. The smallest absolute Gasteiger partial charge is 0.207 e. The van der Waals surface area contributed by atoms with E-state index in [1.165, 1.54) is 12.4 Å². The van der Waals surface area contributed by atoms with Crippen molar-refractivity contribution in [3.05, 3.63) is 28.8 Å². The van der Waals surface area contributed by atoms with Gasteiger partial charge in [-0.05, 0) is 0 Å². The van der Waals surface area contributed by atoms with Crippen molar-refractivity contribution in [2.75, 3.05) is 0 Å². The molecule has 0 fully saturated rings. The van der Waals surface area contributed by atoms with Gasteiger partial charge in [-0.25, -0.2) is 4.98 Å². The molecule has 56 valence electrons. The molecular weight excluding hydrogens is 142 g/mol. The lowest BCUT2D eigenvalue weighted by Gasteiger charge is -1.95. The van der Waals surface area contributed by atoms with Crippen molar-refractivity contribution in [3.63, 3.8) is 0 Å². The Hall–Kier alpha value is -1.58. The maximum Gasteiger partial charge on any atom is 0.207 e. The average Bonchev–Trinajstić information content (AvgIpc) is 2.45. The van der Waals surface area contributed by atoms with E-state index in [0.29, 0.717) is 11.2 Å². The summed E-state index contributed by atoms with van der Waals surface area (Å²) in [6, 6.07) is 1.51. The van der Waals surface area contributed by atoms with E-state index in [1.54, 1.807) is 10.8 Å². The number of nitrogens with one attached hydrogen (secondary N) is 1. The number of hydrogen-bond acceptors (Lipinski definition) is 2. The molecule has 0 aromatic carbocycles. The summed E-state index contributed by atoms with van der Waals surface area (Å²) in [4.78, 5) is 17.9. The Labute approximate surface area is 62.5 Å². The van der Waals surface area contributed by atoms with Crippen LogP contribution in [0.5, 0.6) is 0 Å². The minimum Gasteiger partial charge on any atom is -0.340 e. The van der Waals surface area contributed by atoms with Crippen LogP contribution in [0.2, 0.25) is 0 Å². The molecule has 0 bridgehead atoms. The first-order chi connectivity index (χ1) is 5.29. The molecule has 11 heavy (non-hydrogen) atoms. The van der Waals surface area contributed by atoms with Gasteiger partial charge >= 0.3 is 0 Å². The molecule has 0 radical (unpaired) electrons. The Morgan fingerprint density at radius 3 is 3.18 bits per heavy atom. The normalized spacial score (nSPS) is 10.6. The van der Waals surface area contributed by atoms with Crippen LogP contribution in [0.1, 0.15) is 0 Å². The summed E-state index contributed by atoms with van der Waals surface area (Å²) in [5.41, 5.74) is 1.24. The van der Waals surface area contributed by atoms with Gasteiger partial charge in [0.1, 0.15) is 5.52 Å². The molecule has 0 saturated heterocycles. The fourth-order valence-corrected chi connectivity index (χ4v) is 1.07. The second-order valence-corrected chi connectivity index (χ2v) is 2.39. The van der Waals surface area contributed by atoms with Gasteiger partial charge in [0.05, 0.1) is 6.33 Å². The minimum atomic E-state index is -0.0180. The summed E-state index contributed by atoms with van der Waals surface area (Å²) in [6.45, 7) is 0. The largest absolute Gasteiger partial charge is 0.340 e. The first-order valence-corrected chi connectivity index (χ1v) is 3.28. The second kappa shape index (κ2) is 1.95. The molecule has 1 N–H and O–H groups in total. The van der Waals surface area contributed by atoms with Crippen LogP contribution < -0.4 is 5.43 Å². The molecule has 0 aliphatic rings. The van der Waals surface area contributed by atoms with Gasteiger partial charge in [0, 0.05) is 19.3 Å². The summed E-state index contributed by atoms with van der Waals surface area (Å²) in [5.74, 6) is 0. The van der Waals surface area contributed by atoms with Gasteiger partial charge in [0.2, 0.25) is 5.43 Å². The summed E-state index contributed by atoms with van der Waals surface area (Å²) in [6.07, 6.45) is 3.22. The van der Waals surface area contributed by atoms with Crippen molar-refractivity contribution in [1.82, 2.24) is 14.5 Å². The van der Waals surface area contributed by atoms with Crippen molar-refractivity contribution in [2.24, 2.45) is 7.05 Å². The monoisotopic (exact) mass is 149 g/mol. The quantitative estimate of drug-likeness (QED) is 0.584. The zero-order valence-electron chi connectivity index (χ0n) is 6.03.